The number of carbonyl (C=O) groups excluding carboxylic acids is 1. The zero-order valence-electron chi connectivity index (χ0n) is 12.7. The third kappa shape index (κ3) is 5.61. The SMILES string of the molecule is CN=C(NCCC(=O)N(C)C)N(C)CCc1cccs1. The molecule has 0 aliphatic rings. The highest BCUT2D eigenvalue weighted by molar-refractivity contribution is 7.09. The number of amides is 1. The Bertz CT molecular complexity index is 428. The molecule has 1 heterocycles. The Labute approximate surface area is 125 Å². The maximum absolute atomic E-state index is 11.5. The minimum Gasteiger partial charge on any atom is -0.356 e. The van der Waals surface area contributed by atoms with Crippen LogP contribution in [0.2, 0.25) is 0 Å². The van der Waals surface area contributed by atoms with Crippen LogP contribution in [0.4, 0.5) is 0 Å². The van der Waals surface area contributed by atoms with Gasteiger partial charge in [-0.25, -0.2) is 0 Å². The van der Waals surface area contributed by atoms with E-state index in [9.17, 15) is 4.79 Å². The van der Waals surface area contributed by atoms with Crippen LogP contribution >= 0.6 is 11.3 Å². The second-order valence-corrected chi connectivity index (χ2v) is 5.80. The maximum Gasteiger partial charge on any atom is 0.223 e. The first-order valence-corrected chi connectivity index (χ1v) is 7.57. The molecule has 20 heavy (non-hydrogen) atoms. The summed E-state index contributed by atoms with van der Waals surface area (Å²) in [4.78, 5) is 20.8. The predicted octanol–water partition coefficient (Wildman–Crippen LogP) is 1.28. The summed E-state index contributed by atoms with van der Waals surface area (Å²) in [5.74, 6) is 0.947. The first-order valence-electron chi connectivity index (χ1n) is 6.69. The van der Waals surface area contributed by atoms with Crippen molar-refractivity contribution >= 4 is 23.2 Å². The van der Waals surface area contributed by atoms with Crippen LogP contribution in [0.1, 0.15) is 11.3 Å². The Hall–Kier alpha value is -1.56. The Morgan fingerprint density at radius 1 is 1.40 bits per heavy atom. The number of likely N-dealkylation sites (N-methyl/N-ethyl adjacent to an activating group) is 1. The number of hydrogen-bond acceptors (Lipinski definition) is 3. The second-order valence-electron chi connectivity index (χ2n) is 4.76. The summed E-state index contributed by atoms with van der Waals surface area (Å²) >= 11 is 1.77. The van der Waals surface area contributed by atoms with Crippen molar-refractivity contribution < 1.29 is 4.79 Å². The monoisotopic (exact) mass is 296 g/mol. The van der Waals surface area contributed by atoms with Gasteiger partial charge in [-0.2, -0.15) is 0 Å². The molecule has 0 aliphatic heterocycles. The maximum atomic E-state index is 11.5. The highest BCUT2D eigenvalue weighted by Crippen LogP contribution is 2.09. The van der Waals surface area contributed by atoms with Crippen LogP contribution in [0.5, 0.6) is 0 Å². The topological polar surface area (TPSA) is 47.9 Å². The van der Waals surface area contributed by atoms with E-state index in [4.69, 9.17) is 0 Å². The van der Waals surface area contributed by atoms with Crippen LogP contribution < -0.4 is 5.32 Å². The van der Waals surface area contributed by atoms with Crippen LogP contribution in [-0.2, 0) is 11.2 Å². The van der Waals surface area contributed by atoms with E-state index in [1.54, 1.807) is 37.4 Å². The molecular formula is C14H24N4OS. The molecule has 1 rings (SSSR count). The molecule has 1 N–H and O–H groups in total. The van der Waals surface area contributed by atoms with E-state index in [1.165, 1.54) is 4.88 Å². The zero-order chi connectivity index (χ0) is 15.0. The fourth-order valence-electron chi connectivity index (χ4n) is 1.73. The minimum atomic E-state index is 0.120. The average Bonchev–Trinajstić information content (AvgIpc) is 2.93. The molecule has 6 heteroatoms. The first kappa shape index (κ1) is 16.5. The number of carbonyl (C=O) groups is 1. The number of rotatable bonds is 6. The second kappa shape index (κ2) is 8.58. The van der Waals surface area contributed by atoms with Crippen molar-refractivity contribution in [2.75, 3.05) is 41.3 Å². The van der Waals surface area contributed by atoms with E-state index in [-0.39, 0.29) is 5.91 Å². The molecule has 0 aliphatic carbocycles. The van der Waals surface area contributed by atoms with E-state index in [1.807, 2.05) is 7.05 Å². The molecule has 1 aromatic rings. The summed E-state index contributed by atoms with van der Waals surface area (Å²) < 4.78 is 0. The van der Waals surface area contributed by atoms with Crippen molar-refractivity contribution in [3.63, 3.8) is 0 Å². The smallest absolute Gasteiger partial charge is 0.223 e. The molecule has 0 saturated heterocycles. The molecule has 0 bridgehead atoms. The lowest BCUT2D eigenvalue weighted by Crippen LogP contribution is -2.41. The number of nitrogens with one attached hydrogen (secondary N) is 1. The molecule has 0 saturated carbocycles. The number of aliphatic imine (C=N–C) groups is 1. The van der Waals surface area contributed by atoms with Gasteiger partial charge in [0.25, 0.3) is 0 Å². The standard InChI is InChI=1S/C14H24N4OS/c1-15-14(16-9-7-13(19)17(2)3)18(4)10-8-12-6-5-11-20-12/h5-6,11H,7-10H2,1-4H3,(H,15,16). The summed E-state index contributed by atoms with van der Waals surface area (Å²) in [5, 5.41) is 5.31. The number of guanidine groups is 1. The molecule has 0 spiro atoms. The van der Waals surface area contributed by atoms with Crippen LogP contribution in [0.25, 0.3) is 0 Å². The predicted molar refractivity (Wildman–Crippen MR) is 85.3 cm³/mol. The quantitative estimate of drug-likeness (QED) is 0.635. The molecule has 1 aromatic heterocycles. The summed E-state index contributed by atoms with van der Waals surface area (Å²) in [6.45, 7) is 1.51. The van der Waals surface area contributed by atoms with Crippen molar-refractivity contribution in [1.29, 1.82) is 0 Å². The number of nitrogens with zero attached hydrogens (tertiary/aromatic N) is 3. The van der Waals surface area contributed by atoms with E-state index >= 15 is 0 Å². The zero-order valence-corrected chi connectivity index (χ0v) is 13.5. The lowest BCUT2D eigenvalue weighted by molar-refractivity contribution is -0.128. The van der Waals surface area contributed by atoms with Crippen LogP contribution in [0, 0.1) is 0 Å². The van der Waals surface area contributed by atoms with Gasteiger partial charge in [-0.1, -0.05) is 6.07 Å². The lowest BCUT2D eigenvalue weighted by Gasteiger charge is -2.22. The van der Waals surface area contributed by atoms with Crippen molar-refractivity contribution in [2.24, 2.45) is 4.99 Å². The largest absolute Gasteiger partial charge is 0.356 e. The molecule has 1 amide bonds. The summed E-state index contributed by atoms with van der Waals surface area (Å²) in [5.41, 5.74) is 0. The molecule has 0 fully saturated rings. The van der Waals surface area contributed by atoms with Crippen LogP contribution in [0.3, 0.4) is 0 Å². The molecule has 0 radical (unpaired) electrons. The van der Waals surface area contributed by atoms with Gasteiger partial charge in [0.15, 0.2) is 5.96 Å². The van der Waals surface area contributed by atoms with Gasteiger partial charge in [-0.15, -0.1) is 11.3 Å². The van der Waals surface area contributed by atoms with E-state index in [0.717, 1.165) is 18.9 Å². The lowest BCUT2D eigenvalue weighted by atomic mass is 10.3. The molecule has 0 atom stereocenters. The third-order valence-corrected chi connectivity index (χ3v) is 3.90. The van der Waals surface area contributed by atoms with Gasteiger partial charge in [0.2, 0.25) is 5.91 Å². The number of thiophene rings is 1. The van der Waals surface area contributed by atoms with Gasteiger partial charge >= 0.3 is 0 Å². The fourth-order valence-corrected chi connectivity index (χ4v) is 2.43. The number of hydrogen-bond donors (Lipinski definition) is 1. The van der Waals surface area contributed by atoms with E-state index < -0.39 is 0 Å². The van der Waals surface area contributed by atoms with Crippen LogP contribution in [0.15, 0.2) is 22.5 Å². The molecule has 0 aromatic carbocycles. The average molecular weight is 296 g/mol. The van der Waals surface area contributed by atoms with Crippen molar-refractivity contribution in [3.8, 4) is 0 Å². The molecule has 0 unspecified atom stereocenters. The Morgan fingerprint density at radius 2 is 2.15 bits per heavy atom. The van der Waals surface area contributed by atoms with Crippen molar-refractivity contribution in [3.05, 3.63) is 22.4 Å². The van der Waals surface area contributed by atoms with Gasteiger partial charge in [0.05, 0.1) is 0 Å². The van der Waals surface area contributed by atoms with Gasteiger partial charge in [-0.3, -0.25) is 9.79 Å². The van der Waals surface area contributed by atoms with Gasteiger partial charge < -0.3 is 15.1 Å². The van der Waals surface area contributed by atoms with E-state index in [2.05, 4.69) is 32.7 Å². The van der Waals surface area contributed by atoms with Crippen molar-refractivity contribution in [2.45, 2.75) is 12.8 Å². The normalized spacial score (nSPS) is 11.3. The highest BCUT2D eigenvalue weighted by Gasteiger charge is 2.08. The van der Waals surface area contributed by atoms with Crippen LogP contribution in [-0.4, -0.2) is 62.9 Å². The third-order valence-electron chi connectivity index (χ3n) is 2.97. The Kier molecular flexibility index (Phi) is 7.08. The molecular weight excluding hydrogens is 272 g/mol. The van der Waals surface area contributed by atoms with Gasteiger partial charge in [0.1, 0.15) is 0 Å². The summed E-state index contributed by atoms with van der Waals surface area (Å²) in [6.07, 6.45) is 1.48. The van der Waals surface area contributed by atoms with Gasteiger partial charge in [-0.05, 0) is 17.9 Å². The molecule has 5 nitrogen and oxygen atoms in total. The Balaban J connectivity index is 2.32. The van der Waals surface area contributed by atoms with Gasteiger partial charge in [0, 0.05) is 52.6 Å². The summed E-state index contributed by atoms with van der Waals surface area (Å²) in [6, 6.07) is 4.21. The minimum absolute atomic E-state index is 0.120. The van der Waals surface area contributed by atoms with E-state index in [0.29, 0.717) is 13.0 Å². The first-order chi connectivity index (χ1) is 9.54. The fraction of sp³-hybridized carbons (Fsp3) is 0.571. The highest BCUT2D eigenvalue weighted by atomic mass is 32.1. The molecule has 112 valence electrons. The summed E-state index contributed by atoms with van der Waals surface area (Å²) in [7, 11) is 7.31. The van der Waals surface area contributed by atoms with Crippen molar-refractivity contribution in [1.82, 2.24) is 15.1 Å². The Morgan fingerprint density at radius 3 is 2.70 bits per heavy atom.